The molecule has 7 nitrogen and oxygen atoms in total. The van der Waals surface area contributed by atoms with E-state index < -0.39 is 16.0 Å². The van der Waals surface area contributed by atoms with E-state index in [0.717, 1.165) is 4.88 Å². The van der Waals surface area contributed by atoms with Crippen molar-refractivity contribution in [1.82, 2.24) is 3.97 Å². The Hall–Kier alpha value is -3.62. The van der Waals surface area contributed by atoms with Crippen molar-refractivity contribution in [3.05, 3.63) is 87.9 Å². The van der Waals surface area contributed by atoms with Gasteiger partial charge in [-0.1, -0.05) is 23.7 Å². The Bertz CT molecular complexity index is 1780. The Morgan fingerprint density at radius 3 is 2.55 bits per heavy atom. The number of benzene rings is 2. The number of nitrogens with zero attached hydrogens (tertiary/aromatic N) is 2. The molecule has 5 aromatic rings. The van der Waals surface area contributed by atoms with E-state index in [-0.39, 0.29) is 17.9 Å². The molecule has 3 heterocycles. The number of rotatable bonds is 9. The van der Waals surface area contributed by atoms with Crippen LogP contribution in [0, 0.1) is 6.57 Å². The monoisotopic (exact) mass is 582 g/mol. The summed E-state index contributed by atoms with van der Waals surface area (Å²) in [6.45, 7) is 7.90. The predicted octanol–water partition coefficient (Wildman–Crippen LogP) is 7.78. The number of aromatic nitrogens is 1. The molecule has 0 radical (unpaired) electrons. The minimum Gasteiger partial charge on any atom is -0.494 e. The Morgan fingerprint density at radius 1 is 1.08 bits per heavy atom. The lowest BCUT2D eigenvalue weighted by molar-refractivity contribution is -0.137. The van der Waals surface area contributed by atoms with Gasteiger partial charge in [-0.25, -0.2) is 17.2 Å². The van der Waals surface area contributed by atoms with Crippen LogP contribution in [0.25, 0.3) is 37.4 Å². The summed E-state index contributed by atoms with van der Waals surface area (Å²) < 4.78 is 35.5. The molecule has 192 valence electrons. The van der Waals surface area contributed by atoms with Gasteiger partial charge in [-0.3, -0.25) is 4.79 Å². The minimum absolute atomic E-state index is 0.0188. The summed E-state index contributed by atoms with van der Waals surface area (Å²) in [7, 11) is -4.09. The molecule has 0 aliphatic carbocycles. The lowest BCUT2D eigenvalue weighted by atomic mass is 10.0. The van der Waals surface area contributed by atoms with Crippen LogP contribution in [0.2, 0.25) is 5.02 Å². The van der Waals surface area contributed by atoms with Crippen molar-refractivity contribution < 1.29 is 23.1 Å². The number of fused-ring (bicyclic) bond motifs is 1. The van der Waals surface area contributed by atoms with Crippen LogP contribution in [0.1, 0.15) is 12.8 Å². The van der Waals surface area contributed by atoms with Crippen LogP contribution < -0.4 is 4.74 Å². The number of hydrogen-bond acceptors (Lipinski definition) is 6. The van der Waals surface area contributed by atoms with Gasteiger partial charge in [0, 0.05) is 28.0 Å². The molecule has 0 bridgehead atoms. The fraction of sp³-hybridized carbons (Fsp3) is 0.111. The summed E-state index contributed by atoms with van der Waals surface area (Å²) in [5.74, 6) is -0.428. The van der Waals surface area contributed by atoms with Crippen LogP contribution in [-0.4, -0.2) is 30.1 Å². The summed E-state index contributed by atoms with van der Waals surface area (Å²) >= 11 is 8.72. The summed E-state index contributed by atoms with van der Waals surface area (Å²) in [5.41, 5.74) is 2.13. The van der Waals surface area contributed by atoms with Gasteiger partial charge in [0.2, 0.25) is 5.00 Å². The molecule has 0 amide bonds. The Labute approximate surface area is 232 Å². The molecule has 0 unspecified atom stereocenters. The van der Waals surface area contributed by atoms with Crippen LogP contribution in [0.15, 0.2) is 76.3 Å². The number of thiophene rings is 2. The van der Waals surface area contributed by atoms with Gasteiger partial charge in [0.15, 0.2) is 0 Å². The molecular formula is C27H19ClN2O5S3. The second-order valence-corrected chi connectivity index (χ2v) is 12.3. The number of carboxylic acid groups (broad SMARTS) is 1. The summed E-state index contributed by atoms with van der Waals surface area (Å²) in [4.78, 5) is 15.3. The van der Waals surface area contributed by atoms with Crippen LogP contribution in [0.3, 0.4) is 0 Å². The maximum Gasteiger partial charge on any atom is 0.303 e. The minimum atomic E-state index is -4.09. The van der Waals surface area contributed by atoms with Gasteiger partial charge >= 0.3 is 5.97 Å². The van der Waals surface area contributed by atoms with Crippen molar-refractivity contribution in [2.24, 2.45) is 0 Å². The first kappa shape index (κ1) is 26.0. The van der Waals surface area contributed by atoms with Crippen LogP contribution in [0.4, 0.5) is 5.00 Å². The zero-order chi connectivity index (χ0) is 26.9. The molecule has 0 spiro atoms. The van der Waals surface area contributed by atoms with Crippen molar-refractivity contribution >= 4 is 66.2 Å². The van der Waals surface area contributed by atoms with E-state index in [2.05, 4.69) is 4.85 Å². The first-order chi connectivity index (χ1) is 18.3. The van der Waals surface area contributed by atoms with Gasteiger partial charge in [0.05, 0.1) is 34.2 Å². The third-order valence-electron chi connectivity index (χ3n) is 5.82. The molecule has 0 atom stereocenters. The molecule has 0 saturated heterocycles. The molecule has 1 N–H and O–H groups in total. The van der Waals surface area contributed by atoms with E-state index in [4.69, 9.17) is 28.0 Å². The first-order valence-electron chi connectivity index (χ1n) is 11.3. The number of aliphatic carboxylic acids is 1. The average molecular weight is 583 g/mol. The SMILES string of the molecule is [C-]#[N+]c1sccc1-c1c(-c2cccs2)n(S(=O)(=O)c2ccc(Cl)cc2)c2ccc(OCCCC(=O)O)cc12. The fourth-order valence-corrected chi connectivity index (χ4v) is 7.37. The molecule has 0 aliphatic rings. The number of ether oxygens (including phenoxy) is 1. The largest absolute Gasteiger partial charge is 0.494 e. The van der Waals surface area contributed by atoms with Crippen molar-refractivity contribution in [2.45, 2.75) is 17.7 Å². The van der Waals surface area contributed by atoms with E-state index in [0.29, 0.717) is 49.9 Å². The Morgan fingerprint density at radius 2 is 1.87 bits per heavy atom. The zero-order valence-corrected chi connectivity index (χ0v) is 22.8. The molecule has 0 saturated carbocycles. The molecular weight excluding hydrogens is 564 g/mol. The van der Waals surface area contributed by atoms with Gasteiger partial charge in [0.1, 0.15) is 5.75 Å². The number of hydrogen-bond donors (Lipinski definition) is 1. The maximum atomic E-state index is 14.2. The highest BCUT2D eigenvalue weighted by atomic mass is 35.5. The summed E-state index contributed by atoms with van der Waals surface area (Å²) in [5, 5.41) is 14.1. The second-order valence-electron chi connectivity index (χ2n) is 8.20. The highest BCUT2D eigenvalue weighted by Gasteiger charge is 2.30. The summed E-state index contributed by atoms with van der Waals surface area (Å²) in [6, 6.07) is 16.6. The molecule has 11 heteroatoms. The third-order valence-corrected chi connectivity index (χ3v) is 9.48. The van der Waals surface area contributed by atoms with E-state index in [1.807, 2.05) is 29.0 Å². The van der Waals surface area contributed by atoms with Gasteiger partial charge in [-0.2, -0.15) is 11.3 Å². The predicted molar refractivity (Wildman–Crippen MR) is 151 cm³/mol. The van der Waals surface area contributed by atoms with E-state index in [1.54, 1.807) is 18.2 Å². The molecule has 2 aromatic carbocycles. The standard InChI is InChI=1S/C27H19ClN2O5S3/c1-29-27-20(12-15-37-27)25-21-16-18(35-13-2-5-24(31)32)8-11-22(21)30(26(25)23-4-3-14-36-23)38(33,34)19-9-6-17(28)7-10-19/h3-4,6-12,14-16H,2,5,13H2,(H,31,32). The third kappa shape index (κ3) is 4.81. The van der Waals surface area contributed by atoms with Gasteiger partial charge < -0.3 is 9.84 Å². The van der Waals surface area contributed by atoms with Gasteiger partial charge in [0.25, 0.3) is 10.0 Å². The van der Waals surface area contributed by atoms with E-state index in [1.165, 1.54) is 50.9 Å². The van der Waals surface area contributed by atoms with Crippen LogP contribution in [-0.2, 0) is 14.8 Å². The van der Waals surface area contributed by atoms with E-state index in [9.17, 15) is 13.2 Å². The van der Waals surface area contributed by atoms with E-state index >= 15 is 0 Å². The highest BCUT2D eigenvalue weighted by Crippen LogP contribution is 2.49. The highest BCUT2D eigenvalue weighted by molar-refractivity contribution is 7.90. The van der Waals surface area contributed by atoms with Crippen molar-refractivity contribution in [2.75, 3.05) is 6.61 Å². The lowest BCUT2D eigenvalue weighted by Gasteiger charge is -2.13. The molecule has 5 rings (SSSR count). The molecule has 3 aromatic heterocycles. The lowest BCUT2D eigenvalue weighted by Crippen LogP contribution is -2.14. The quantitative estimate of drug-likeness (QED) is 0.141. The molecule has 0 aliphatic heterocycles. The van der Waals surface area contributed by atoms with Crippen LogP contribution >= 0.6 is 34.3 Å². The normalized spacial score (nSPS) is 11.5. The zero-order valence-electron chi connectivity index (χ0n) is 19.6. The van der Waals surface area contributed by atoms with Crippen LogP contribution in [0.5, 0.6) is 5.75 Å². The Kier molecular flexibility index (Phi) is 7.27. The second kappa shape index (κ2) is 10.6. The maximum absolute atomic E-state index is 14.2. The topological polar surface area (TPSA) is 90.0 Å². The number of carbonyl (C=O) groups is 1. The number of halogens is 1. The first-order valence-corrected chi connectivity index (χ1v) is 14.9. The van der Waals surface area contributed by atoms with Crippen molar-refractivity contribution in [3.63, 3.8) is 0 Å². The van der Waals surface area contributed by atoms with Crippen molar-refractivity contribution in [1.29, 1.82) is 0 Å². The smallest absolute Gasteiger partial charge is 0.303 e. The van der Waals surface area contributed by atoms with Gasteiger partial charge in [-0.15, -0.1) is 11.3 Å². The Balaban J connectivity index is 1.80. The molecule has 38 heavy (non-hydrogen) atoms. The van der Waals surface area contributed by atoms with Crippen molar-refractivity contribution in [3.8, 4) is 27.4 Å². The fourth-order valence-electron chi connectivity index (χ4n) is 4.19. The molecule has 0 fully saturated rings. The van der Waals surface area contributed by atoms with Gasteiger partial charge in [-0.05, 0) is 65.7 Å². The average Bonchev–Trinajstić information content (AvgIpc) is 3.64. The summed E-state index contributed by atoms with van der Waals surface area (Å²) in [6.07, 6.45) is 0.314. The number of carboxylic acids is 1.